The molecule has 0 saturated carbocycles. The van der Waals surface area contributed by atoms with E-state index in [-0.39, 0.29) is 18.4 Å². The van der Waals surface area contributed by atoms with Crippen molar-refractivity contribution >= 4 is 24.0 Å². The van der Waals surface area contributed by atoms with Crippen LogP contribution in [0, 0.1) is 6.92 Å². The molecule has 1 unspecified atom stereocenters. The first-order valence-corrected chi connectivity index (χ1v) is 8.57. The van der Waals surface area contributed by atoms with E-state index < -0.39 is 0 Å². The SMILES string of the molecule is Cc1c(-c2nc(C3CNCCN3C)no2)cnn1-c1ccccc1Cl.Cl. The average Bonchev–Trinajstić information content (AvgIpc) is 3.23. The van der Waals surface area contributed by atoms with Gasteiger partial charge in [-0.15, -0.1) is 12.4 Å². The van der Waals surface area contributed by atoms with E-state index >= 15 is 0 Å². The molecule has 1 aliphatic rings. The van der Waals surface area contributed by atoms with Gasteiger partial charge in [-0.2, -0.15) is 10.1 Å². The van der Waals surface area contributed by atoms with E-state index in [0.717, 1.165) is 36.6 Å². The van der Waals surface area contributed by atoms with Crippen molar-refractivity contribution in [2.24, 2.45) is 0 Å². The molecule has 0 aliphatic carbocycles. The normalized spacial score (nSPS) is 17.9. The fourth-order valence-electron chi connectivity index (χ4n) is 3.06. The number of benzene rings is 1. The number of hydrogen-bond donors (Lipinski definition) is 1. The second-order valence-corrected chi connectivity index (χ2v) is 6.57. The van der Waals surface area contributed by atoms with Crippen LogP contribution in [0.15, 0.2) is 35.0 Å². The Hall–Kier alpha value is -1.93. The average molecular weight is 395 g/mol. The van der Waals surface area contributed by atoms with Gasteiger partial charge < -0.3 is 9.84 Å². The molecule has 0 amide bonds. The Morgan fingerprint density at radius 1 is 1.31 bits per heavy atom. The van der Waals surface area contributed by atoms with Gasteiger partial charge in [0.2, 0.25) is 0 Å². The van der Waals surface area contributed by atoms with Crippen LogP contribution in [0.4, 0.5) is 0 Å². The van der Waals surface area contributed by atoms with Crippen LogP contribution in [-0.4, -0.2) is 51.5 Å². The van der Waals surface area contributed by atoms with Crippen LogP contribution in [0.1, 0.15) is 17.6 Å². The Bertz CT molecular complexity index is 893. The lowest BCUT2D eigenvalue weighted by atomic mass is 10.2. The minimum absolute atomic E-state index is 0. The third kappa shape index (κ3) is 3.35. The lowest BCUT2D eigenvalue weighted by molar-refractivity contribution is 0.190. The van der Waals surface area contributed by atoms with Crippen LogP contribution < -0.4 is 5.32 Å². The molecule has 1 saturated heterocycles. The Kier molecular flexibility index (Phi) is 5.62. The highest BCUT2D eigenvalue weighted by molar-refractivity contribution is 6.32. The van der Waals surface area contributed by atoms with Gasteiger partial charge >= 0.3 is 0 Å². The minimum atomic E-state index is 0. The molecule has 26 heavy (non-hydrogen) atoms. The monoisotopic (exact) mass is 394 g/mol. The summed E-state index contributed by atoms with van der Waals surface area (Å²) in [4.78, 5) is 6.83. The molecule has 9 heteroatoms. The summed E-state index contributed by atoms with van der Waals surface area (Å²) in [6, 6.07) is 7.70. The van der Waals surface area contributed by atoms with Gasteiger partial charge in [-0.25, -0.2) is 4.68 Å². The molecular weight excluding hydrogens is 375 g/mol. The number of hydrogen-bond acceptors (Lipinski definition) is 6. The van der Waals surface area contributed by atoms with Crippen molar-refractivity contribution in [1.29, 1.82) is 0 Å². The van der Waals surface area contributed by atoms with Crippen LogP contribution in [0.25, 0.3) is 17.1 Å². The largest absolute Gasteiger partial charge is 0.334 e. The van der Waals surface area contributed by atoms with E-state index in [1.165, 1.54) is 0 Å². The van der Waals surface area contributed by atoms with E-state index in [9.17, 15) is 0 Å². The summed E-state index contributed by atoms with van der Waals surface area (Å²) < 4.78 is 7.30. The van der Waals surface area contributed by atoms with Crippen molar-refractivity contribution in [3.05, 3.63) is 47.0 Å². The molecule has 0 spiro atoms. The molecule has 0 radical (unpaired) electrons. The quantitative estimate of drug-likeness (QED) is 0.736. The zero-order valence-corrected chi connectivity index (χ0v) is 16.1. The van der Waals surface area contributed by atoms with E-state index in [1.807, 2.05) is 31.2 Å². The molecular formula is C17H20Cl2N6O. The molecule has 1 aliphatic heterocycles. The zero-order chi connectivity index (χ0) is 17.4. The van der Waals surface area contributed by atoms with E-state index in [2.05, 4.69) is 32.5 Å². The predicted octanol–water partition coefficient (Wildman–Crippen LogP) is 2.88. The Labute approximate surface area is 162 Å². The highest BCUT2D eigenvalue weighted by Gasteiger charge is 2.26. The molecule has 2 aromatic heterocycles. The summed E-state index contributed by atoms with van der Waals surface area (Å²) in [5, 5.41) is 12.6. The second kappa shape index (κ2) is 7.75. The van der Waals surface area contributed by atoms with Crippen molar-refractivity contribution in [3.63, 3.8) is 0 Å². The van der Waals surface area contributed by atoms with Crippen molar-refractivity contribution in [2.45, 2.75) is 13.0 Å². The van der Waals surface area contributed by atoms with Gasteiger partial charge in [-0.05, 0) is 26.1 Å². The first kappa shape index (κ1) is 18.8. The molecule has 7 nitrogen and oxygen atoms in total. The number of likely N-dealkylation sites (N-methyl/N-ethyl adjacent to an activating group) is 1. The molecule has 1 aromatic carbocycles. The molecule has 4 rings (SSSR count). The van der Waals surface area contributed by atoms with Gasteiger partial charge in [0.15, 0.2) is 5.82 Å². The number of para-hydroxylation sites is 1. The summed E-state index contributed by atoms with van der Waals surface area (Å²) in [6.45, 7) is 4.70. The third-order valence-electron chi connectivity index (χ3n) is 4.57. The maximum atomic E-state index is 6.28. The molecule has 1 fully saturated rings. The lowest BCUT2D eigenvalue weighted by Crippen LogP contribution is -2.44. The second-order valence-electron chi connectivity index (χ2n) is 6.17. The number of halogens is 2. The van der Waals surface area contributed by atoms with Gasteiger partial charge in [-0.1, -0.05) is 28.9 Å². The summed E-state index contributed by atoms with van der Waals surface area (Å²) >= 11 is 6.28. The Morgan fingerprint density at radius 3 is 2.88 bits per heavy atom. The fourth-order valence-corrected chi connectivity index (χ4v) is 3.28. The first-order chi connectivity index (χ1) is 12.1. The van der Waals surface area contributed by atoms with Gasteiger partial charge in [0.1, 0.15) is 0 Å². The lowest BCUT2D eigenvalue weighted by Gasteiger charge is -2.30. The maximum Gasteiger partial charge on any atom is 0.261 e. The molecule has 0 bridgehead atoms. The van der Waals surface area contributed by atoms with Gasteiger partial charge in [-0.3, -0.25) is 4.90 Å². The number of rotatable bonds is 3. The zero-order valence-electron chi connectivity index (χ0n) is 14.5. The topological polar surface area (TPSA) is 72.0 Å². The van der Waals surface area contributed by atoms with Crippen molar-refractivity contribution < 1.29 is 4.52 Å². The summed E-state index contributed by atoms with van der Waals surface area (Å²) in [6.07, 6.45) is 1.73. The number of nitrogens with zero attached hydrogens (tertiary/aromatic N) is 5. The Morgan fingerprint density at radius 2 is 2.12 bits per heavy atom. The predicted molar refractivity (Wildman–Crippen MR) is 102 cm³/mol. The number of piperazine rings is 1. The van der Waals surface area contributed by atoms with Crippen molar-refractivity contribution in [1.82, 2.24) is 30.1 Å². The number of aromatic nitrogens is 4. The van der Waals surface area contributed by atoms with Crippen LogP contribution >= 0.6 is 24.0 Å². The maximum absolute atomic E-state index is 6.28. The molecule has 138 valence electrons. The van der Waals surface area contributed by atoms with Crippen LogP contribution in [0.3, 0.4) is 0 Å². The molecule has 3 aromatic rings. The van der Waals surface area contributed by atoms with Crippen molar-refractivity contribution in [3.8, 4) is 17.1 Å². The van der Waals surface area contributed by atoms with E-state index in [0.29, 0.717) is 16.7 Å². The smallest absolute Gasteiger partial charge is 0.261 e. The first-order valence-electron chi connectivity index (χ1n) is 8.19. The van der Waals surface area contributed by atoms with E-state index in [4.69, 9.17) is 16.1 Å². The van der Waals surface area contributed by atoms with Gasteiger partial charge in [0.25, 0.3) is 5.89 Å². The van der Waals surface area contributed by atoms with Gasteiger partial charge in [0, 0.05) is 19.6 Å². The van der Waals surface area contributed by atoms with Crippen LogP contribution in [-0.2, 0) is 0 Å². The number of nitrogens with one attached hydrogen (secondary N) is 1. The minimum Gasteiger partial charge on any atom is -0.334 e. The van der Waals surface area contributed by atoms with Crippen LogP contribution in [0.2, 0.25) is 5.02 Å². The molecule has 1 atom stereocenters. The highest BCUT2D eigenvalue weighted by atomic mass is 35.5. The highest BCUT2D eigenvalue weighted by Crippen LogP contribution is 2.28. The van der Waals surface area contributed by atoms with Crippen molar-refractivity contribution in [2.75, 3.05) is 26.7 Å². The summed E-state index contributed by atoms with van der Waals surface area (Å²) in [5.74, 6) is 1.17. The Balaban J connectivity index is 0.00000196. The molecule has 1 N–H and O–H groups in total. The van der Waals surface area contributed by atoms with Gasteiger partial charge in [0.05, 0.1) is 34.2 Å². The summed E-state index contributed by atoms with van der Waals surface area (Å²) in [7, 11) is 2.07. The van der Waals surface area contributed by atoms with E-state index in [1.54, 1.807) is 10.9 Å². The van der Waals surface area contributed by atoms with Crippen LogP contribution in [0.5, 0.6) is 0 Å². The fraction of sp³-hybridized carbons (Fsp3) is 0.353. The third-order valence-corrected chi connectivity index (χ3v) is 4.89. The summed E-state index contributed by atoms with van der Waals surface area (Å²) in [5.41, 5.74) is 2.53. The molecule has 3 heterocycles. The standard InChI is InChI=1S/C17H19ClN6O.ClH/c1-11-12(9-20-24(11)14-6-4-3-5-13(14)18)17-21-16(22-25-17)15-10-19-7-8-23(15)2;/h3-6,9,15,19H,7-8,10H2,1-2H3;1H.